The topological polar surface area (TPSA) is 180 Å². The number of hydrogen-bond donors (Lipinski definition) is 1. The molecule has 3 amide bonds. The number of amides is 3. The van der Waals surface area contributed by atoms with Crippen molar-refractivity contribution in [1.82, 2.24) is 14.7 Å². The van der Waals surface area contributed by atoms with Gasteiger partial charge in [0.15, 0.2) is 11.9 Å². The molecule has 0 spiro atoms. The number of nitrogens with zero attached hydrogens (tertiary/aromatic N) is 3. The molecule has 1 aromatic carbocycles. The maximum absolute atomic E-state index is 15.0. The van der Waals surface area contributed by atoms with Gasteiger partial charge < -0.3 is 38.3 Å². The van der Waals surface area contributed by atoms with Crippen LogP contribution in [-0.4, -0.2) is 149 Å². The van der Waals surface area contributed by atoms with Gasteiger partial charge >= 0.3 is 24.2 Å². The van der Waals surface area contributed by atoms with E-state index in [1.54, 1.807) is 65.5 Å². The Hall–Kier alpha value is -3.54. The molecular formula is C47H72ClN3O13. The minimum atomic E-state index is -1.49. The fraction of sp³-hybridized carbons (Fsp3) is 0.766. The van der Waals surface area contributed by atoms with E-state index in [0.717, 1.165) is 10.5 Å². The molecular weight excluding hydrogens is 850 g/mol. The van der Waals surface area contributed by atoms with Crippen molar-refractivity contribution in [3.8, 4) is 0 Å². The van der Waals surface area contributed by atoms with Crippen LogP contribution in [0.1, 0.15) is 107 Å². The second-order valence-corrected chi connectivity index (χ2v) is 19.6. The van der Waals surface area contributed by atoms with Crippen LogP contribution < -0.4 is 0 Å². The van der Waals surface area contributed by atoms with Crippen molar-refractivity contribution < 1.29 is 62.2 Å². The highest BCUT2D eigenvalue weighted by molar-refractivity contribution is 6.30. The summed E-state index contributed by atoms with van der Waals surface area (Å²) in [7, 11) is 3.41. The minimum absolute atomic E-state index is 0.0193. The van der Waals surface area contributed by atoms with Crippen LogP contribution in [0.5, 0.6) is 0 Å². The molecule has 0 aliphatic carbocycles. The molecule has 4 aliphatic rings. The van der Waals surface area contributed by atoms with Crippen molar-refractivity contribution in [3.05, 3.63) is 34.9 Å². The molecule has 64 heavy (non-hydrogen) atoms. The lowest BCUT2D eigenvalue weighted by Gasteiger charge is -2.49. The lowest BCUT2D eigenvalue weighted by molar-refractivity contribution is -0.302. The lowest BCUT2D eigenvalue weighted by Crippen LogP contribution is -2.61. The number of carbonyl (C=O) groups is 5. The number of carbonyl (C=O) groups excluding carboxylic acids is 5. The van der Waals surface area contributed by atoms with E-state index in [4.69, 9.17) is 44.8 Å². The molecule has 0 aromatic heterocycles. The third-order valence-electron chi connectivity index (χ3n) is 14.4. The molecule has 0 radical (unpaired) electrons. The highest BCUT2D eigenvalue weighted by atomic mass is 35.5. The summed E-state index contributed by atoms with van der Waals surface area (Å²) in [6.45, 7) is 20.1. The molecule has 17 heteroatoms. The number of Topliss-reactive ketones (excluding diaryl/α,β-unsaturated/α-hetero) is 1. The van der Waals surface area contributed by atoms with E-state index in [1.807, 2.05) is 46.9 Å². The third-order valence-corrected chi connectivity index (χ3v) is 14.7. The molecule has 16 nitrogen and oxygen atoms in total. The van der Waals surface area contributed by atoms with E-state index in [-0.39, 0.29) is 50.0 Å². The zero-order valence-electron chi connectivity index (χ0n) is 39.9. The predicted octanol–water partition coefficient (Wildman–Crippen LogP) is 7.03. The van der Waals surface area contributed by atoms with E-state index >= 15 is 0 Å². The summed E-state index contributed by atoms with van der Waals surface area (Å²) in [5.74, 6) is -4.68. The summed E-state index contributed by atoms with van der Waals surface area (Å²) in [6, 6.07) is 5.52. The van der Waals surface area contributed by atoms with Crippen molar-refractivity contribution in [2.75, 3.05) is 27.3 Å². The molecule has 4 heterocycles. The first kappa shape index (κ1) is 51.4. The SMILES string of the molecule is CC[C@H]1COC(=O)N1C(=O)O[C@H]1[C@H](C)[C@@H](O[C@@H]2O[C@H](C)C[C@H](N(C)C(C)C)[C@H]2O)[C@@](C)(OC)C[C@@H](C)C(=O)[C@H](C)[C@H]2N(CCc3ccc(Cl)cc3)C(=O)O[C@]2(C)[C@@H](CC)OC(=O)[C@@H]1C. The number of methoxy groups -OCH3 is 1. The monoisotopic (exact) mass is 921 g/mol. The fourth-order valence-corrected chi connectivity index (χ4v) is 10.5. The number of fused-ring (bicyclic) bond motifs is 1. The number of esters is 1. The van der Waals surface area contributed by atoms with Crippen LogP contribution in [0.3, 0.4) is 0 Å². The van der Waals surface area contributed by atoms with Gasteiger partial charge in [0.25, 0.3) is 0 Å². The number of hydrogen-bond acceptors (Lipinski definition) is 14. The summed E-state index contributed by atoms with van der Waals surface area (Å²) in [5, 5.41) is 12.5. The van der Waals surface area contributed by atoms with Crippen LogP contribution in [0.4, 0.5) is 14.4 Å². The van der Waals surface area contributed by atoms with Crippen LogP contribution in [0, 0.1) is 23.7 Å². The molecule has 0 unspecified atom stereocenters. The average Bonchev–Trinajstić information content (AvgIpc) is 3.76. The molecule has 4 saturated heterocycles. The molecule has 15 atom stereocenters. The van der Waals surface area contributed by atoms with Gasteiger partial charge in [-0.25, -0.2) is 19.3 Å². The van der Waals surface area contributed by atoms with Gasteiger partial charge in [0.05, 0.1) is 35.8 Å². The summed E-state index contributed by atoms with van der Waals surface area (Å²) in [6.07, 6.45) is -7.15. The van der Waals surface area contributed by atoms with Crippen molar-refractivity contribution >= 4 is 41.6 Å². The molecule has 1 aromatic rings. The average molecular weight is 923 g/mol. The first-order valence-electron chi connectivity index (χ1n) is 22.9. The molecule has 360 valence electrons. The van der Waals surface area contributed by atoms with E-state index in [0.29, 0.717) is 24.3 Å². The Morgan fingerprint density at radius 1 is 1.00 bits per heavy atom. The second-order valence-electron chi connectivity index (χ2n) is 19.1. The third kappa shape index (κ3) is 10.5. The number of likely N-dealkylation sites (N-methyl/N-ethyl adjacent to an activating group) is 1. The van der Waals surface area contributed by atoms with Crippen LogP contribution in [0.2, 0.25) is 5.02 Å². The highest BCUT2D eigenvalue weighted by Gasteiger charge is 2.61. The normalized spacial score (nSPS) is 37.9. The van der Waals surface area contributed by atoms with E-state index < -0.39 is 102 Å². The van der Waals surface area contributed by atoms with Crippen molar-refractivity contribution in [2.24, 2.45) is 23.7 Å². The lowest BCUT2D eigenvalue weighted by atomic mass is 9.73. The van der Waals surface area contributed by atoms with Crippen LogP contribution in [0.25, 0.3) is 0 Å². The number of ketones is 1. The summed E-state index contributed by atoms with van der Waals surface area (Å²) >= 11 is 6.16. The quantitative estimate of drug-likeness (QED) is 0.177. The van der Waals surface area contributed by atoms with Gasteiger partial charge in [-0.2, -0.15) is 0 Å². The number of benzene rings is 1. The standard InChI is InChI=1S/C47H72ClN3O13/c1-14-33-24-59-44(56)51(33)45(57)62-38-29(8)40(63-42-37(53)34(22-27(6)60-42)49(12)25(3)4)46(10,58-13)23-26(5)36(52)28(7)39-47(11,35(15-2)61-41(54)30(38)9)64-43(55)50(39)21-20-31-16-18-32(48)19-17-31/h16-19,25-30,33-35,37-40,42,53H,14-15,20-24H2,1-13H3/t26-,27-,28+,29+,30-,33+,34+,35-,37-,38+,39-,40-,42+,46+,47-/m1/s1. The Bertz CT molecular complexity index is 1820. The number of imide groups is 1. The molecule has 4 fully saturated rings. The predicted molar refractivity (Wildman–Crippen MR) is 236 cm³/mol. The van der Waals surface area contributed by atoms with Gasteiger partial charge in [-0.1, -0.05) is 58.4 Å². The first-order chi connectivity index (χ1) is 30.0. The zero-order valence-corrected chi connectivity index (χ0v) is 40.7. The molecule has 4 aliphatic heterocycles. The number of aliphatic hydroxyl groups is 1. The number of cyclic esters (lactones) is 2. The minimum Gasteiger partial charge on any atom is -0.458 e. The smallest absolute Gasteiger partial charge is 0.419 e. The fourth-order valence-electron chi connectivity index (χ4n) is 10.4. The Morgan fingerprint density at radius 3 is 2.25 bits per heavy atom. The number of aliphatic hydroxyl groups excluding tert-OH is 1. The Kier molecular flexibility index (Phi) is 16.8. The summed E-state index contributed by atoms with van der Waals surface area (Å²) < 4.78 is 43.7. The zero-order chi connectivity index (χ0) is 47.6. The molecule has 0 saturated carbocycles. The van der Waals surface area contributed by atoms with E-state index in [1.165, 1.54) is 7.11 Å². The Balaban J connectivity index is 1.63. The number of halogens is 1. The largest absolute Gasteiger partial charge is 0.458 e. The summed E-state index contributed by atoms with van der Waals surface area (Å²) in [4.78, 5) is 75.4. The maximum atomic E-state index is 15.0. The highest BCUT2D eigenvalue weighted by Crippen LogP contribution is 2.44. The van der Waals surface area contributed by atoms with Crippen LogP contribution in [0.15, 0.2) is 24.3 Å². The van der Waals surface area contributed by atoms with Crippen molar-refractivity contribution in [1.29, 1.82) is 0 Å². The number of ether oxygens (including phenoxy) is 7. The number of rotatable bonds is 11. The molecule has 0 bridgehead atoms. The van der Waals surface area contributed by atoms with Crippen LogP contribution in [-0.2, 0) is 49.2 Å². The van der Waals surface area contributed by atoms with Gasteiger partial charge in [0, 0.05) is 48.5 Å². The first-order valence-corrected chi connectivity index (χ1v) is 23.3. The van der Waals surface area contributed by atoms with Gasteiger partial charge in [-0.15, -0.1) is 0 Å². The Morgan fingerprint density at radius 2 is 1.66 bits per heavy atom. The molecule has 1 N–H and O–H groups in total. The van der Waals surface area contributed by atoms with Gasteiger partial charge in [-0.3, -0.25) is 19.4 Å². The van der Waals surface area contributed by atoms with Gasteiger partial charge in [0.1, 0.15) is 30.7 Å². The molecule has 5 rings (SSSR count). The van der Waals surface area contributed by atoms with E-state index in [2.05, 4.69) is 4.90 Å². The van der Waals surface area contributed by atoms with Gasteiger partial charge in [0.2, 0.25) is 0 Å². The van der Waals surface area contributed by atoms with Gasteiger partial charge in [-0.05, 0) is 98.4 Å². The van der Waals surface area contributed by atoms with Crippen molar-refractivity contribution in [3.63, 3.8) is 0 Å². The Labute approximate surface area is 383 Å². The maximum Gasteiger partial charge on any atom is 0.419 e. The van der Waals surface area contributed by atoms with Crippen LogP contribution >= 0.6 is 11.6 Å². The second kappa shape index (κ2) is 21.0. The summed E-state index contributed by atoms with van der Waals surface area (Å²) in [5.41, 5.74) is -1.95. The van der Waals surface area contributed by atoms with E-state index in [9.17, 15) is 29.1 Å². The van der Waals surface area contributed by atoms with Crippen molar-refractivity contribution in [2.45, 2.75) is 180 Å².